The summed E-state index contributed by atoms with van der Waals surface area (Å²) in [5.74, 6) is 0. The summed E-state index contributed by atoms with van der Waals surface area (Å²) in [6, 6.07) is 12.5. The van der Waals surface area contributed by atoms with E-state index in [4.69, 9.17) is 0 Å². The van der Waals surface area contributed by atoms with E-state index >= 15 is 0 Å². The first-order valence-corrected chi connectivity index (χ1v) is 9.04. The van der Waals surface area contributed by atoms with E-state index in [0.717, 1.165) is 23.3 Å². The first-order chi connectivity index (χ1) is 12.7. The van der Waals surface area contributed by atoms with E-state index < -0.39 is 23.4 Å². The highest BCUT2D eigenvalue weighted by atomic mass is 19.4. The Morgan fingerprint density at radius 2 is 1.56 bits per heavy atom. The van der Waals surface area contributed by atoms with Gasteiger partial charge in [0.05, 0.1) is 17.3 Å². The van der Waals surface area contributed by atoms with Gasteiger partial charge in [0.15, 0.2) is 0 Å². The third-order valence-electron chi connectivity index (χ3n) is 5.33. The number of hydrogen-bond donors (Lipinski definition) is 2. The van der Waals surface area contributed by atoms with Gasteiger partial charge in [-0.2, -0.15) is 13.2 Å². The Labute approximate surface area is 157 Å². The Morgan fingerprint density at radius 3 is 2.07 bits per heavy atom. The highest BCUT2D eigenvalue weighted by molar-refractivity contribution is 5.29. The number of halogens is 3. The molecule has 1 saturated heterocycles. The molecule has 2 N–H and O–H groups in total. The van der Waals surface area contributed by atoms with Gasteiger partial charge in [-0.05, 0) is 43.0 Å². The summed E-state index contributed by atoms with van der Waals surface area (Å²) < 4.78 is 38.1. The Morgan fingerprint density at radius 1 is 1.00 bits per heavy atom. The van der Waals surface area contributed by atoms with Crippen molar-refractivity contribution in [2.75, 3.05) is 19.6 Å². The molecule has 0 spiro atoms. The van der Waals surface area contributed by atoms with Crippen LogP contribution in [0.3, 0.4) is 0 Å². The minimum atomic E-state index is -4.38. The van der Waals surface area contributed by atoms with Crippen LogP contribution in [-0.2, 0) is 11.8 Å². The highest BCUT2D eigenvalue weighted by Crippen LogP contribution is 2.36. The minimum absolute atomic E-state index is 0.416. The molecule has 146 valence electrons. The average molecular weight is 379 g/mol. The molecule has 1 aliphatic rings. The molecule has 0 radical (unpaired) electrons. The van der Waals surface area contributed by atoms with Crippen molar-refractivity contribution in [1.82, 2.24) is 4.90 Å². The monoisotopic (exact) mass is 379 g/mol. The zero-order chi connectivity index (χ0) is 19.7. The lowest BCUT2D eigenvalue weighted by Gasteiger charge is -2.39. The molecule has 0 bridgehead atoms. The van der Waals surface area contributed by atoms with Crippen LogP contribution in [0.5, 0.6) is 0 Å². The first-order valence-electron chi connectivity index (χ1n) is 9.04. The van der Waals surface area contributed by atoms with E-state index in [1.54, 1.807) is 0 Å². The smallest absolute Gasteiger partial charge is 0.387 e. The molecule has 6 heteroatoms. The Bertz CT molecular complexity index is 748. The zero-order valence-corrected chi connectivity index (χ0v) is 15.2. The summed E-state index contributed by atoms with van der Waals surface area (Å²) in [6.07, 6.45) is -4.16. The van der Waals surface area contributed by atoms with Crippen LogP contribution in [0.15, 0.2) is 48.5 Å². The fraction of sp³-hybridized carbons (Fsp3) is 0.429. The number of aryl methyl sites for hydroxylation is 1. The van der Waals surface area contributed by atoms with Crippen LogP contribution < -0.4 is 0 Å². The van der Waals surface area contributed by atoms with Gasteiger partial charge >= 0.3 is 6.18 Å². The van der Waals surface area contributed by atoms with Crippen molar-refractivity contribution in [3.05, 3.63) is 70.8 Å². The second-order valence-electron chi connectivity index (χ2n) is 7.33. The van der Waals surface area contributed by atoms with Crippen molar-refractivity contribution >= 4 is 0 Å². The van der Waals surface area contributed by atoms with Crippen molar-refractivity contribution in [1.29, 1.82) is 0 Å². The molecule has 0 saturated carbocycles. The highest BCUT2D eigenvalue weighted by Gasteiger charge is 2.36. The summed E-state index contributed by atoms with van der Waals surface area (Å²) in [6.45, 7) is 3.59. The molecule has 0 unspecified atom stereocenters. The molecule has 2 aromatic carbocycles. The molecular formula is C21H24F3NO2. The molecule has 1 aliphatic heterocycles. The molecule has 2 aromatic rings. The van der Waals surface area contributed by atoms with Gasteiger partial charge in [0.25, 0.3) is 0 Å². The van der Waals surface area contributed by atoms with Gasteiger partial charge in [-0.25, -0.2) is 0 Å². The third kappa shape index (κ3) is 4.69. The lowest BCUT2D eigenvalue weighted by Crippen LogP contribution is -2.44. The van der Waals surface area contributed by atoms with E-state index in [1.807, 2.05) is 31.2 Å². The van der Waals surface area contributed by atoms with Gasteiger partial charge in [0.2, 0.25) is 0 Å². The molecule has 3 nitrogen and oxygen atoms in total. The third-order valence-corrected chi connectivity index (χ3v) is 5.33. The first kappa shape index (κ1) is 19.9. The van der Waals surface area contributed by atoms with Crippen LogP contribution in [0, 0.1) is 6.92 Å². The Kier molecular flexibility index (Phi) is 5.60. The van der Waals surface area contributed by atoms with E-state index in [-0.39, 0.29) is 0 Å². The topological polar surface area (TPSA) is 43.7 Å². The number of alkyl halides is 3. The predicted octanol–water partition coefficient (Wildman–Crippen LogP) is 4.03. The summed E-state index contributed by atoms with van der Waals surface area (Å²) in [4.78, 5) is 2.07. The lowest BCUT2D eigenvalue weighted by molar-refractivity contribution is -0.137. The number of likely N-dealkylation sites (tertiary alicyclic amines) is 1. The Balaban J connectivity index is 1.59. The summed E-state index contributed by atoms with van der Waals surface area (Å²) in [5.41, 5.74) is 0.646. The number of benzene rings is 2. The summed E-state index contributed by atoms with van der Waals surface area (Å²) >= 11 is 0. The number of piperidine rings is 1. The van der Waals surface area contributed by atoms with E-state index in [1.165, 1.54) is 12.1 Å². The molecule has 0 aliphatic carbocycles. The van der Waals surface area contributed by atoms with Crippen LogP contribution in [0.4, 0.5) is 13.2 Å². The van der Waals surface area contributed by atoms with Gasteiger partial charge in [0, 0.05) is 19.6 Å². The number of nitrogens with zero attached hydrogens (tertiary/aromatic N) is 1. The van der Waals surface area contributed by atoms with Gasteiger partial charge in [-0.1, -0.05) is 42.0 Å². The van der Waals surface area contributed by atoms with Crippen molar-refractivity contribution in [3.63, 3.8) is 0 Å². The van der Waals surface area contributed by atoms with Crippen molar-refractivity contribution in [2.24, 2.45) is 0 Å². The van der Waals surface area contributed by atoms with Gasteiger partial charge < -0.3 is 15.1 Å². The molecule has 1 fully saturated rings. The second kappa shape index (κ2) is 7.62. The van der Waals surface area contributed by atoms with Gasteiger partial charge in [-0.15, -0.1) is 0 Å². The number of hydrogen-bond acceptors (Lipinski definition) is 3. The van der Waals surface area contributed by atoms with Crippen LogP contribution in [0.2, 0.25) is 0 Å². The fourth-order valence-corrected chi connectivity index (χ4v) is 3.50. The predicted molar refractivity (Wildman–Crippen MR) is 97.2 cm³/mol. The van der Waals surface area contributed by atoms with Crippen LogP contribution in [0.1, 0.15) is 41.2 Å². The molecule has 0 aromatic heterocycles. The fourth-order valence-electron chi connectivity index (χ4n) is 3.50. The lowest BCUT2D eigenvalue weighted by atomic mass is 9.84. The number of aliphatic hydroxyl groups is 2. The molecule has 3 rings (SSSR count). The molecule has 0 amide bonds. The quantitative estimate of drug-likeness (QED) is 0.843. The molecule has 27 heavy (non-hydrogen) atoms. The number of aliphatic hydroxyl groups excluding tert-OH is 1. The maximum Gasteiger partial charge on any atom is 0.416 e. The SMILES string of the molecule is Cc1ccc([C@@H](O)CN2CCC(O)(c3ccc(C(F)(F)F)cc3)CC2)cc1. The van der Waals surface area contributed by atoms with E-state index in [9.17, 15) is 23.4 Å². The number of rotatable bonds is 4. The average Bonchev–Trinajstić information content (AvgIpc) is 2.64. The second-order valence-corrected chi connectivity index (χ2v) is 7.33. The standard InChI is InChI=1S/C21H24F3NO2/c1-15-2-4-16(5-3-15)19(26)14-25-12-10-20(27,11-13-25)17-6-8-18(9-7-17)21(22,23)24/h2-9,19,26-27H,10-14H2,1H3/t19-/m0/s1. The maximum absolute atomic E-state index is 12.7. The van der Waals surface area contributed by atoms with Crippen LogP contribution >= 0.6 is 0 Å². The molecular weight excluding hydrogens is 355 g/mol. The van der Waals surface area contributed by atoms with Crippen LogP contribution in [-0.4, -0.2) is 34.7 Å². The van der Waals surface area contributed by atoms with E-state index in [0.29, 0.717) is 38.0 Å². The van der Waals surface area contributed by atoms with E-state index in [2.05, 4.69) is 4.90 Å². The zero-order valence-electron chi connectivity index (χ0n) is 15.2. The number of β-amino-alcohol motifs (C(OH)–C–C–N with tert-alkyl or cyclic N) is 1. The largest absolute Gasteiger partial charge is 0.416 e. The van der Waals surface area contributed by atoms with Crippen molar-refractivity contribution in [3.8, 4) is 0 Å². The Hall–Kier alpha value is -1.89. The summed E-state index contributed by atoms with van der Waals surface area (Å²) in [5, 5.41) is 21.3. The van der Waals surface area contributed by atoms with Crippen molar-refractivity contribution < 1.29 is 23.4 Å². The summed E-state index contributed by atoms with van der Waals surface area (Å²) in [7, 11) is 0. The van der Waals surface area contributed by atoms with Crippen molar-refractivity contribution in [2.45, 2.75) is 37.6 Å². The molecule has 1 heterocycles. The minimum Gasteiger partial charge on any atom is -0.387 e. The molecule has 1 atom stereocenters. The van der Waals surface area contributed by atoms with Gasteiger partial charge in [-0.3, -0.25) is 0 Å². The van der Waals surface area contributed by atoms with Crippen LogP contribution in [0.25, 0.3) is 0 Å². The van der Waals surface area contributed by atoms with Gasteiger partial charge in [0.1, 0.15) is 0 Å². The normalized spacial score (nSPS) is 19.0. The maximum atomic E-state index is 12.7.